The first kappa shape index (κ1) is 12.8. The lowest BCUT2D eigenvalue weighted by Gasteiger charge is -2.04. The fraction of sp³-hybridized carbons (Fsp3) is 0.429. The van der Waals surface area contributed by atoms with Gasteiger partial charge in [0.25, 0.3) is 0 Å². The Bertz CT molecular complexity index is 372. The lowest BCUT2D eigenvalue weighted by molar-refractivity contribution is 0.393. The molecule has 0 spiro atoms. The van der Waals surface area contributed by atoms with Gasteiger partial charge in [0.1, 0.15) is 11.7 Å². The van der Waals surface area contributed by atoms with E-state index >= 15 is 0 Å². The molecule has 0 heterocycles. The summed E-state index contributed by atoms with van der Waals surface area (Å²) in [6.45, 7) is 0. The molecule has 0 amide bonds. The highest BCUT2D eigenvalue weighted by Gasteiger charge is 2.10. The molecule has 1 fully saturated rings. The molecule has 0 atom stereocenters. The Labute approximate surface area is 112 Å². The summed E-state index contributed by atoms with van der Waals surface area (Å²) in [5, 5.41) is 2.88. The van der Waals surface area contributed by atoms with Crippen molar-refractivity contribution in [1.29, 1.82) is 0 Å². The van der Waals surface area contributed by atoms with Crippen LogP contribution in [0.5, 0.6) is 5.75 Å². The molecule has 0 aromatic heterocycles. The fourth-order valence-corrected chi connectivity index (χ4v) is 2.81. The quantitative estimate of drug-likeness (QED) is 0.542. The van der Waals surface area contributed by atoms with Crippen LogP contribution in [0, 0.1) is 5.92 Å². The Morgan fingerprint density at radius 3 is 2.94 bits per heavy atom. The SMILES string of the molecule is Clc1cccc(OCS/C=C/C2CCCC2)c1. The summed E-state index contributed by atoms with van der Waals surface area (Å²) >= 11 is 7.57. The van der Waals surface area contributed by atoms with Crippen LogP contribution >= 0.6 is 23.4 Å². The molecule has 1 saturated carbocycles. The van der Waals surface area contributed by atoms with Crippen molar-refractivity contribution in [1.82, 2.24) is 0 Å². The van der Waals surface area contributed by atoms with Gasteiger partial charge in [-0.15, -0.1) is 0 Å². The third-order valence-corrected chi connectivity index (χ3v) is 3.78. The molecular weight excluding hydrogens is 252 g/mol. The van der Waals surface area contributed by atoms with Gasteiger partial charge in [-0.05, 0) is 42.4 Å². The number of ether oxygens (including phenoxy) is 1. The van der Waals surface area contributed by atoms with Gasteiger partial charge in [-0.3, -0.25) is 0 Å². The van der Waals surface area contributed by atoms with Crippen molar-refractivity contribution in [3.63, 3.8) is 0 Å². The van der Waals surface area contributed by atoms with Gasteiger partial charge < -0.3 is 4.74 Å². The van der Waals surface area contributed by atoms with E-state index in [-0.39, 0.29) is 0 Å². The number of thioether (sulfide) groups is 1. The van der Waals surface area contributed by atoms with Gasteiger partial charge in [0, 0.05) is 5.02 Å². The molecule has 92 valence electrons. The van der Waals surface area contributed by atoms with Crippen LogP contribution in [0.25, 0.3) is 0 Å². The number of rotatable bonds is 5. The first-order chi connectivity index (χ1) is 8.34. The van der Waals surface area contributed by atoms with Crippen molar-refractivity contribution in [2.75, 3.05) is 5.94 Å². The molecular formula is C14H17ClOS. The number of benzene rings is 1. The van der Waals surface area contributed by atoms with Gasteiger partial charge in [-0.2, -0.15) is 0 Å². The number of hydrogen-bond acceptors (Lipinski definition) is 2. The zero-order valence-electron chi connectivity index (χ0n) is 9.77. The smallest absolute Gasteiger partial charge is 0.138 e. The van der Waals surface area contributed by atoms with E-state index in [1.807, 2.05) is 24.3 Å². The summed E-state index contributed by atoms with van der Waals surface area (Å²) in [6.07, 6.45) is 7.80. The van der Waals surface area contributed by atoms with Crippen LogP contribution in [0.3, 0.4) is 0 Å². The predicted octanol–water partition coefficient (Wildman–Crippen LogP) is 5.11. The van der Waals surface area contributed by atoms with Crippen LogP contribution in [0.1, 0.15) is 25.7 Å². The number of hydrogen-bond donors (Lipinski definition) is 0. The zero-order chi connectivity index (χ0) is 11.9. The monoisotopic (exact) mass is 268 g/mol. The molecule has 2 rings (SSSR count). The van der Waals surface area contributed by atoms with Crippen molar-refractivity contribution in [2.24, 2.45) is 5.92 Å². The molecule has 0 N–H and O–H groups in total. The Hall–Kier alpha value is -0.600. The Morgan fingerprint density at radius 2 is 2.18 bits per heavy atom. The number of allylic oxidation sites excluding steroid dienone is 1. The highest BCUT2D eigenvalue weighted by molar-refractivity contribution is 8.02. The molecule has 1 aromatic carbocycles. The highest BCUT2D eigenvalue weighted by Crippen LogP contribution is 2.26. The second-order valence-corrected chi connectivity index (χ2v) is 5.54. The highest BCUT2D eigenvalue weighted by atomic mass is 35.5. The number of halogens is 1. The first-order valence-electron chi connectivity index (χ1n) is 6.01. The molecule has 1 aromatic rings. The van der Waals surface area contributed by atoms with Gasteiger partial charge in [0.05, 0.1) is 0 Å². The maximum Gasteiger partial charge on any atom is 0.138 e. The maximum atomic E-state index is 5.87. The van der Waals surface area contributed by atoms with Gasteiger partial charge >= 0.3 is 0 Å². The minimum absolute atomic E-state index is 0.642. The Morgan fingerprint density at radius 1 is 1.35 bits per heavy atom. The molecule has 0 aliphatic heterocycles. The van der Waals surface area contributed by atoms with Gasteiger partial charge in [0.2, 0.25) is 0 Å². The van der Waals surface area contributed by atoms with E-state index in [4.69, 9.17) is 16.3 Å². The van der Waals surface area contributed by atoms with Gasteiger partial charge in [0.15, 0.2) is 0 Å². The van der Waals surface area contributed by atoms with E-state index in [1.54, 1.807) is 11.8 Å². The van der Waals surface area contributed by atoms with E-state index in [0.29, 0.717) is 11.0 Å². The molecule has 0 radical (unpaired) electrons. The predicted molar refractivity (Wildman–Crippen MR) is 75.6 cm³/mol. The molecule has 3 heteroatoms. The molecule has 1 aliphatic rings. The second kappa shape index (κ2) is 6.97. The van der Waals surface area contributed by atoms with E-state index < -0.39 is 0 Å². The van der Waals surface area contributed by atoms with Crippen LogP contribution in [-0.4, -0.2) is 5.94 Å². The summed E-state index contributed by atoms with van der Waals surface area (Å²) in [6, 6.07) is 7.51. The van der Waals surface area contributed by atoms with E-state index in [2.05, 4.69) is 11.5 Å². The van der Waals surface area contributed by atoms with Crippen molar-refractivity contribution in [2.45, 2.75) is 25.7 Å². The standard InChI is InChI=1S/C14H17ClOS/c15-13-6-3-7-14(10-13)16-11-17-9-8-12-4-1-2-5-12/h3,6-10,12H,1-2,4-5,11H2/b9-8+. The van der Waals surface area contributed by atoms with Crippen LogP contribution in [0.15, 0.2) is 35.7 Å². The lowest BCUT2D eigenvalue weighted by Crippen LogP contribution is -1.91. The van der Waals surface area contributed by atoms with Crippen molar-refractivity contribution < 1.29 is 4.74 Å². The third kappa shape index (κ3) is 4.64. The van der Waals surface area contributed by atoms with E-state index in [0.717, 1.165) is 11.7 Å². The zero-order valence-corrected chi connectivity index (χ0v) is 11.3. The van der Waals surface area contributed by atoms with Gasteiger partial charge in [-0.1, -0.05) is 48.3 Å². The fourth-order valence-electron chi connectivity index (χ4n) is 2.01. The van der Waals surface area contributed by atoms with Gasteiger partial charge in [-0.25, -0.2) is 0 Å². The minimum atomic E-state index is 0.642. The normalized spacial score (nSPS) is 16.8. The van der Waals surface area contributed by atoms with E-state index in [9.17, 15) is 0 Å². The molecule has 0 bridgehead atoms. The van der Waals surface area contributed by atoms with Crippen molar-refractivity contribution in [3.05, 3.63) is 40.8 Å². The molecule has 1 nitrogen and oxygen atoms in total. The molecule has 17 heavy (non-hydrogen) atoms. The largest absolute Gasteiger partial charge is 0.483 e. The third-order valence-electron chi connectivity index (χ3n) is 2.94. The summed E-state index contributed by atoms with van der Waals surface area (Å²) < 4.78 is 5.58. The van der Waals surface area contributed by atoms with Crippen LogP contribution in [-0.2, 0) is 0 Å². The van der Waals surface area contributed by atoms with Crippen molar-refractivity contribution in [3.8, 4) is 5.75 Å². The lowest BCUT2D eigenvalue weighted by atomic mass is 10.1. The maximum absolute atomic E-state index is 5.87. The summed E-state index contributed by atoms with van der Waals surface area (Å²) in [5.41, 5.74) is 0. The average molecular weight is 269 g/mol. The Balaban J connectivity index is 1.65. The summed E-state index contributed by atoms with van der Waals surface area (Å²) in [4.78, 5) is 0. The average Bonchev–Trinajstić information content (AvgIpc) is 2.82. The molecule has 0 unspecified atom stereocenters. The summed E-state index contributed by atoms with van der Waals surface area (Å²) in [5.74, 6) is 2.27. The van der Waals surface area contributed by atoms with Crippen LogP contribution in [0.2, 0.25) is 5.02 Å². The first-order valence-corrected chi connectivity index (χ1v) is 7.44. The minimum Gasteiger partial charge on any atom is -0.483 e. The van der Waals surface area contributed by atoms with Crippen LogP contribution in [0.4, 0.5) is 0 Å². The van der Waals surface area contributed by atoms with Crippen molar-refractivity contribution >= 4 is 23.4 Å². The second-order valence-electron chi connectivity index (χ2n) is 4.26. The Kier molecular flexibility index (Phi) is 5.27. The van der Waals surface area contributed by atoms with Crippen LogP contribution < -0.4 is 4.74 Å². The topological polar surface area (TPSA) is 9.23 Å². The summed E-state index contributed by atoms with van der Waals surface area (Å²) in [7, 11) is 0. The molecule has 1 aliphatic carbocycles. The van der Waals surface area contributed by atoms with E-state index in [1.165, 1.54) is 25.7 Å². The molecule has 0 saturated heterocycles.